The van der Waals surface area contributed by atoms with Crippen LogP contribution in [0.2, 0.25) is 5.02 Å². The summed E-state index contributed by atoms with van der Waals surface area (Å²) in [6, 6.07) is 5.95. The molecule has 1 fully saturated rings. The summed E-state index contributed by atoms with van der Waals surface area (Å²) in [4.78, 5) is 2.17. The van der Waals surface area contributed by atoms with Crippen LogP contribution in [0.5, 0.6) is 0 Å². The molecule has 3 heteroatoms. The molecule has 106 valence electrons. The molecule has 2 atom stereocenters. The van der Waals surface area contributed by atoms with Crippen molar-refractivity contribution in [1.29, 1.82) is 0 Å². The Morgan fingerprint density at radius 3 is 2.74 bits per heavy atom. The molecule has 0 saturated heterocycles. The summed E-state index contributed by atoms with van der Waals surface area (Å²) in [5, 5.41) is 12.0. The lowest BCUT2D eigenvalue weighted by atomic mass is 9.71. The fraction of sp³-hybridized carbons (Fsp3) is 0.625. The van der Waals surface area contributed by atoms with Crippen LogP contribution in [0.15, 0.2) is 18.2 Å². The highest BCUT2D eigenvalue weighted by molar-refractivity contribution is 6.31. The van der Waals surface area contributed by atoms with Crippen LogP contribution in [0, 0.1) is 12.8 Å². The van der Waals surface area contributed by atoms with Gasteiger partial charge in [-0.1, -0.05) is 36.6 Å². The third kappa shape index (κ3) is 3.13. The van der Waals surface area contributed by atoms with E-state index in [2.05, 4.69) is 25.1 Å². The number of nitrogens with zero attached hydrogens (tertiary/aromatic N) is 1. The van der Waals surface area contributed by atoms with Crippen LogP contribution < -0.4 is 0 Å². The number of rotatable bonds is 3. The van der Waals surface area contributed by atoms with E-state index in [1.54, 1.807) is 0 Å². The first kappa shape index (κ1) is 14.8. The molecular weight excluding hydrogens is 258 g/mol. The third-order valence-corrected chi connectivity index (χ3v) is 4.70. The van der Waals surface area contributed by atoms with Crippen LogP contribution in [0.3, 0.4) is 0 Å². The largest absolute Gasteiger partial charge is 0.385 e. The molecule has 1 aliphatic rings. The molecule has 0 aliphatic heterocycles. The van der Waals surface area contributed by atoms with Gasteiger partial charge in [-0.05, 0) is 51.1 Å². The van der Waals surface area contributed by atoms with Crippen molar-refractivity contribution in [3.05, 3.63) is 34.3 Å². The molecule has 0 bridgehead atoms. The molecule has 2 nitrogen and oxygen atoms in total. The summed E-state index contributed by atoms with van der Waals surface area (Å²) in [5.74, 6) is 0.303. The van der Waals surface area contributed by atoms with E-state index < -0.39 is 5.60 Å². The highest BCUT2D eigenvalue weighted by Gasteiger charge is 2.40. The lowest BCUT2D eigenvalue weighted by Gasteiger charge is -2.42. The van der Waals surface area contributed by atoms with E-state index >= 15 is 0 Å². The van der Waals surface area contributed by atoms with Crippen molar-refractivity contribution in [3.63, 3.8) is 0 Å². The number of benzene rings is 1. The number of aryl methyl sites for hydroxylation is 1. The summed E-state index contributed by atoms with van der Waals surface area (Å²) in [6.45, 7) is 2.93. The second-order valence-electron chi connectivity index (χ2n) is 6.09. The van der Waals surface area contributed by atoms with Crippen LogP contribution in [-0.4, -0.2) is 30.6 Å². The highest BCUT2D eigenvalue weighted by Crippen LogP contribution is 2.42. The van der Waals surface area contributed by atoms with E-state index in [-0.39, 0.29) is 0 Å². The maximum absolute atomic E-state index is 11.2. The van der Waals surface area contributed by atoms with Gasteiger partial charge >= 0.3 is 0 Å². The molecule has 0 heterocycles. The minimum atomic E-state index is -0.697. The fourth-order valence-corrected chi connectivity index (χ4v) is 3.32. The Bertz CT molecular complexity index is 446. The standard InChI is InChI=1S/C16H24ClNO/c1-12-10-13(7-8-15(12)17)16(19)9-5-4-6-14(16)11-18(2)3/h7-8,10,14,19H,4-6,9,11H2,1-3H3. The quantitative estimate of drug-likeness (QED) is 0.915. The smallest absolute Gasteiger partial charge is 0.0936 e. The van der Waals surface area contributed by atoms with E-state index in [0.717, 1.165) is 42.0 Å². The third-order valence-electron chi connectivity index (χ3n) is 4.28. The minimum absolute atomic E-state index is 0.303. The molecule has 2 rings (SSSR count). The van der Waals surface area contributed by atoms with Gasteiger partial charge in [-0.2, -0.15) is 0 Å². The molecule has 1 N–H and O–H groups in total. The monoisotopic (exact) mass is 281 g/mol. The van der Waals surface area contributed by atoms with Crippen molar-refractivity contribution < 1.29 is 5.11 Å². The molecule has 2 unspecified atom stereocenters. The maximum atomic E-state index is 11.2. The van der Waals surface area contributed by atoms with Gasteiger partial charge in [-0.15, -0.1) is 0 Å². The zero-order valence-electron chi connectivity index (χ0n) is 12.1. The van der Waals surface area contributed by atoms with Crippen LogP contribution >= 0.6 is 11.6 Å². The first-order chi connectivity index (χ1) is 8.93. The molecule has 0 radical (unpaired) electrons. The first-order valence-electron chi connectivity index (χ1n) is 7.07. The van der Waals surface area contributed by atoms with Gasteiger partial charge in [0.1, 0.15) is 0 Å². The van der Waals surface area contributed by atoms with Gasteiger partial charge in [0.25, 0.3) is 0 Å². The normalized spacial score (nSPS) is 27.8. The van der Waals surface area contributed by atoms with E-state index in [0.29, 0.717) is 5.92 Å². The molecule has 0 amide bonds. The maximum Gasteiger partial charge on any atom is 0.0936 e. The van der Waals surface area contributed by atoms with Gasteiger partial charge in [0.2, 0.25) is 0 Å². The Morgan fingerprint density at radius 1 is 1.37 bits per heavy atom. The lowest BCUT2D eigenvalue weighted by Crippen LogP contribution is -2.43. The van der Waals surface area contributed by atoms with E-state index in [1.807, 2.05) is 19.1 Å². The Kier molecular flexibility index (Phi) is 4.54. The molecule has 1 aromatic carbocycles. The van der Waals surface area contributed by atoms with Crippen molar-refractivity contribution in [3.8, 4) is 0 Å². The average Bonchev–Trinajstić information content (AvgIpc) is 2.35. The van der Waals surface area contributed by atoms with Crippen molar-refractivity contribution >= 4 is 11.6 Å². The van der Waals surface area contributed by atoms with Crippen LogP contribution in [-0.2, 0) is 5.60 Å². The van der Waals surface area contributed by atoms with Gasteiger partial charge in [-0.25, -0.2) is 0 Å². The van der Waals surface area contributed by atoms with Crippen LogP contribution in [0.4, 0.5) is 0 Å². The van der Waals surface area contributed by atoms with Crippen LogP contribution in [0.1, 0.15) is 36.8 Å². The lowest BCUT2D eigenvalue weighted by molar-refractivity contribution is -0.0618. The Hall–Kier alpha value is -0.570. The molecular formula is C16H24ClNO. The number of hydrogen-bond acceptors (Lipinski definition) is 2. The summed E-state index contributed by atoms with van der Waals surface area (Å²) in [7, 11) is 4.14. The van der Waals surface area contributed by atoms with E-state index in [1.165, 1.54) is 6.42 Å². The second-order valence-corrected chi connectivity index (χ2v) is 6.50. The van der Waals surface area contributed by atoms with Crippen molar-refractivity contribution in [2.75, 3.05) is 20.6 Å². The molecule has 19 heavy (non-hydrogen) atoms. The molecule has 0 spiro atoms. The Balaban J connectivity index is 2.33. The number of hydrogen-bond donors (Lipinski definition) is 1. The van der Waals surface area contributed by atoms with Gasteiger partial charge in [0.15, 0.2) is 0 Å². The van der Waals surface area contributed by atoms with E-state index in [4.69, 9.17) is 11.6 Å². The van der Waals surface area contributed by atoms with Gasteiger partial charge in [-0.3, -0.25) is 0 Å². The van der Waals surface area contributed by atoms with Gasteiger partial charge in [0, 0.05) is 17.5 Å². The van der Waals surface area contributed by atoms with Gasteiger partial charge in [0.05, 0.1) is 5.60 Å². The summed E-state index contributed by atoms with van der Waals surface area (Å²) >= 11 is 6.10. The van der Waals surface area contributed by atoms with Crippen molar-refractivity contribution in [2.24, 2.45) is 5.92 Å². The predicted molar refractivity (Wildman–Crippen MR) is 80.6 cm³/mol. The summed E-state index contributed by atoms with van der Waals surface area (Å²) < 4.78 is 0. The zero-order chi connectivity index (χ0) is 14.0. The number of halogens is 1. The minimum Gasteiger partial charge on any atom is -0.385 e. The highest BCUT2D eigenvalue weighted by atomic mass is 35.5. The average molecular weight is 282 g/mol. The SMILES string of the molecule is Cc1cc(C2(O)CCCCC2CN(C)C)ccc1Cl. The Morgan fingerprint density at radius 2 is 2.11 bits per heavy atom. The molecule has 1 aromatic rings. The molecule has 0 aromatic heterocycles. The topological polar surface area (TPSA) is 23.5 Å². The first-order valence-corrected chi connectivity index (χ1v) is 7.45. The Labute approximate surface area is 121 Å². The molecule has 1 saturated carbocycles. The van der Waals surface area contributed by atoms with Gasteiger partial charge < -0.3 is 10.0 Å². The molecule has 1 aliphatic carbocycles. The number of aliphatic hydroxyl groups is 1. The van der Waals surface area contributed by atoms with Crippen LogP contribution in [0.25, 0.3) is 0 Å². The zero-order valence-corrected chi connectivity index (χ0v) is 12.9. The fourth-order valence-electron chi connectivity index (χ4n) is 3.21. The summed E-state index contributed by atoms with van der Waals surface area (Å²) in [5.41, 5.74) is 1.38. The summed E-state index contributed by atoms with van der Waals surface area (Å²) in [6.07, 6.45) is 4.26. The second kappa shape index (κ2) is 5.82. The predicted octanol–water partition coefficient (Wildman–Crippen LogP) is 3.59. The van der Waals surface area contributed by atoms with E-state index in [9.17, 15) is 5.11 Å². The van der Waals surface area contributed by atoms with Crippen molar-refractivity contribution in [1.82, 2.24) is 4.90 Å². The van der Waals surface area contributed by atoms with Crippen molar-refractivity contribution in [2.45, 2.75) is 38.2 Å².